The number of ether oxygens (including phenoxy) is 3. The predicted molar refractivity (Wildman–Crippen MR) is 103 cm³/mol. The number of halogens is 1. The number of allylic oxidation sites excluding steroid dienone is 1. The standard InChI is InChI=1S/C22H24FNO5/c1-27-11-9-24(10-12-28-2)14-17-19(25)8-7-16-21(26)20(29-22(16)17)13-15-5-3-4-6-18(15)23/h3-8,13,25H,9-12,14H2,1-2H3. The van der Waals surface area contributed by atoms with E-state index in [1.807, 2.05) is 0 Å². The van der Waals surface area contributed by atoms with Gasteiger partial charge in [0.15, 0.2) is 5.76 Å². The summed E-state index contributed by atoms with van der Waals surface area (Å²) < 4.78 is 30.0. The van der Waals surface area contributed by atoms with Crippen LogP contribution in [0.2, 0.25) is 0 Å². The van der Waals surface area contributed by atoms with E-state index in [1.54, 1.807) is 32.4 Å². The Labute approximate surface area is 169 Å². The Morgan fingerprint density at radius 2 is 1.79 bits per heavy atom. The highest BCUT2D eigenvalue weighted by Gasteiger charge is 2.31. The van der Waals surface area contributed by atoms with Crippen LogP contribution in [-0.4, -0.2) is 46.3 Å². The first-order valence-electron chi connectivity index (χ1n) is 9.38. The third-order valence-corrected chi connectivity index (χ3v) is 4.84. The van der Waals surface area contributed by atoms with Crippen molar-refractivity contribution in [1.82, 2.24) is 0 Å². The van der Waals surface area contributed by atoms with Crippen molar-refractivity contribution in [2.45, 2.75) is 6.54 Å². The summed E-state index contributed by atoms with van der Waals surface area (Å²) >= 11 is 0. The maximum Gasteiger partial charge on any atom is 0.231 e. The molecule has 2 aromatic rings. The first kappa shape index (κ1) is 21.0. The van der Waals surface area contributed by atoms with Gasteiger partial charge in [0.25, 0.3) is 0 Å². The molecule has 0 saturated heterocycles. The van der Waals surface area contributed by atoms with Crippen LogP contribution in [0.1, 0.15) is 21.5 Å². The quantitative estimate of drug-likeness (QED) is 0.640. The van der Waals surface area contributed by atoms with Crippen molar-refractivity contribution in [3.63, 3.8) is 0 Å². The average molecular weight is 401 g/mol. The van der Waals surface area contributed by atoms with Crippen LogP contribution in [0.25, 0.3) is 6.08 Å². The van der Waals surface area contributed by atoms with E-state index in [2.05, 4.69) is 0 Å². The third kappa shape index (κ3) is 4.82. The van der Waals surface area contributed by atoms with E-state index in [1.165, 1.54) is 24.3 Å². The number of methoxy groups -OCH3 is 2. The molecule has 29 heavy (non-hydrogen) atoms. The Bertz CT molecular complexity index is 904. The molecule has 0 saturated carbocycles. The van der Waals surface area contributed by atoms with Gasteiger partial charge in [0.05, 0.1) is 18.8 Å². The second-order valence-electron chi connectivity index (χ2n) is 6.79. The largest absolute Gasteiger partial charge is 0.872 e. The lowest BCUT2D eigenvalue weighted by Gasteiger charge is -2.23. The normalized spacial score (nSPS) is 14.5. The number of rotatable bonds is 9. The molecule has 1 heterocycles. The van der Waals surface area contributed by atoms with Gasteiger partial charge in [-0.3, -0.25) is 4.79 Å². The van der Waals surface area contributed by atoms with E-state index in [0.717, 1.165) is 4.90 Å². The summed E-state index contributed by atoms with van der Waals surface area (Å²) in [6, 6.07) is 8.97. The molecule has 0 bridgehead atoms. The summed E-state index contributed by atoms with van der Waals surface area (Å²) in [4.78, 5) is 13.8. The number of nitrogens with one attached hydrogen (secondary N) is 1. The molecule has 1 aliphatic rings. The van der Waals surface area contributed by atoms with Crippen LogP contribution < -0.4 is 14.7 Å². The molecule has 154 valence electrons. The topological polar surface area (TPSA) is 72.3 Å². The number of fused-ring (bicyclic) bond motifs is 1. The zero-order valence-corrected chi connectivity index (χ0v) is 16.5. The van der Waals surface area contributed by atoms with Crippen molar-refractivity contribution in [2.75, 3.05) is 40.5 Å². The highest BCUT2D eigenvalue weighted by atomic mass is 19.1. The Balaban J connectivity index is 1.90. The fourth-order valence-electron chi connectivity index (χ4n) is 3.23. The van der Waals surface area contributed by atoms with Crippen LogP contribution in [0.5, 0.6) is 11.5 Å². The number of benzene rings is 2. The van der Waals surface area contributed by atoms with Gasteiger partial charge in [-0.15, -0.1) is 0 Å². The summed E-state index contributed by atoms with van der Waals surface area (Å²) in [6.07, 6.45) is 1.37. The van der Waals surface area contributed by atoms with E-state index in [0.29, 0.717) is 44.0 Å². The molecule has 0 aliphatic carbocycles. The molecule has 0 aromatic heterocycles. The van der Waals surface area contributed by atoms with Crippen molar-refractivity contribution in [3.05, 3.63) is 64.7 Å². The predicted octanol–water partition coefficient (Wildman–Crippen LogP) is 1.19. The number of quaternary nitrogens is 1. The molecule has 0 spiro atoms. The van der Waals surface area contributed by atoms with Crippen LogP contribution in [-0.2, 0) is 16.0 Å². The van der Waals surface area contributed by atoms with Crippen molar-refractivity contribution in [1.29, 1.82) is 0 Å². The third-order valence-electron chi connectivity index (χ3n) is 4.84. The minimum absolute atomic E-state index is 0.00674. The van der Waals surface area contributed by atoms with Gasteiger partial charge in [0.1, 0.15) is 31.2 Å². The van der Waals surface area contributed by atoms with E-state index in [-0.39, 0.29) is 28.6 Å². The van der Waals surface area contributed by atoms with Crippen LogP contribution in [0, 0.1) is 5.82 Å². The number of carbonyl (C=O) groups excluding carboxylic acids is 1. The smallest absolute Gasteiger partial charge is 0.231 e. The SMILES string of the molecule is COCC[NH+](CCOC)Cc1c([O-])ccc2c1OC(=Cc1ccccc1F)C2=O. The maximum absolute atomic E-state index is 14.0. The molecule has 3 rings (SSSR count). The van der Waals surface area contributed by atoms with E-state index in [9.17, 15) is 14.3 Å². The molecule has 7 heteroatoms. The lowest BCUT2D eigenvalue weighted by atomic mass is 10.0. The fourth-order valence-corrected chi connectivity index (χ4v) is 3.23. The minimum atomic E-state index is -0.452. The zero-order valence-electron chi connectivity index (χ0n) is 16.5. The van der Waals surface area contributed by atoms with Crippen LogP contribution in [0.4, 0.5) is 4.39 Å². The van der Waals surface area contributed by atoms with Crippen molar-refractivity contribution >= 4 is 11.9 Å². The van der Waals surface area contributed by atoms with Crippen LogP contribution >= 0.6 is 0 Å². The first-order valence-corrected chi connectivity index (χ1v) is 9.38. The summed E-state index contributed by atoms with van der Waals surface area (Å²) in [5.41, 5.74) is 0.995. The van der Waals surface area contributed by atoms with Crippen LogP contribution in [0.15, 0.2) is 42.2 Å². The second-order valence-corrected chi connectivity index (χ2v) is 6.79. The number of carbonyl (C=O) groups is 1. The second kappa shape index (κ2) is 9.65. The van der Waals surface area contributed by atoms with Gasteiger partial charge in [0, 0.05) is 25.3 Å². The lowest BCUT2D eigenvalue weighted by molar-refractivity contribution is -0.914. The van der Waals surface area contributed by atoms with Gasteiger partial charge < -0.3 is 24.2 Å². The van der Waals surface area contributed by atoms with Gasteiger partial charge in [-0.1, -0.05) is 30.0 Å². The van der Waals surface area contributed by atoms with Gasteiger partial charge in [-0.05, 0) is 18.2 Å². The lowest BCUT2D eigenvalue weighted by Crippen LogP contribution is -3.11. The molecular weight excluding hydrogens is 377 g/mol. The highest BCUT2D eigenvalue weighted by molar-refractivity contribution is 6.14. The fraction of sp³-hybridized carbons (Fsp3) is 0.318. The van der Waals surface area contributed by atoms with Crippen LogP contribution in [0.3, 0.4) is 0 Å². The van der Waals surface area contributed by atoms with Crippen molar-refractivity contribution in [3.8, 4) is 11.5 Å². The molecule has 0 atom stereocenters. The summed E-state index contributed by atoms with van der Waals surface area (Å²) in [7, 11) is 3.24. The molecule has 0 amide bonds. The zero-order chi connectivity index (χ0) is 20.8. The molecular formula is C22H24FNO5. The number of ketones is 1. The van der Waals surface area contributed by atoms with Crippen molar-refractivity contribution in [2.24, 2.45) is 0 Å². The maximum atomic E-state index is 14.0. The van der Waals surface area contributed by atoms with Gasteiger partial charge in [-0.25, -0.2) is 4.39 Å². The van der Waals surface area contributed by atoms with E-state index >= 15 is 0 Å². The Morgan fingerprint density at radius 1 is 1.10 bits per heavy atom. The molecule has 1 N–H and O–H groups in total. The Morgan fingerprint density at radius 3 is 2.45 bits per heavy atom. The molecule has 6 nitrogen and oxygen atoms in total. The summed E-state index contributed by atoms with van der Waals surface area (Å²) in [6.45, 7) is 2.78. The summed E-state index contributed by atoms with van der Waals surface area (Å²) in [5.74, 6) is -0.743. The molecule has 0 unspecified atom stereocenters. The van der Waals surface area contributed by atoms with Gasteiger partial charge in [-0.2, -0.15) is 0 Å². The monoisotopic (exact) mass is 401 g/mol. The number of hydrogen-bond donors (Lipinski definition) is 1. The number of Topliss-reactive ketones (excluding diaryl/α,β-unsaturated/α-hetero) is 1. The minimum Gasteiger partial charge on any atom is -0.872 e. The van der Waals surface area contributed by atoms with Gasteiger partial charge >= 0.3 is 0 Å². The molecule has 2 aromatic carbocycles. The number of hydrogen-bond acceptors (Lipinski definition) is 5. The Hall–Kier alpha value is -2.74. The molecule has 0 radical (unpaired) electrons. The van der Waals surface area contributed by atoms with E-state index in [4.69, 9.17) is 14.2 Å². The van der Waals surface area contributed by atoms with E-state index < -0.39 is 5.82 Å². The first-order chi connectivity index (χ1) is 14.0. The average Bonchev–Trinajstić information content (AvgIpc) is 3.03. The Kier molecular flexibility index (Phi) is 6.98. The highest BCUT2D eigenvalue weighted by Crippen LogP contribution is 2.38. The van der Waals surface area contributed by atoms with Crippen molar-refractivity contribution < 1.29 is 33.4 Å². The molecule has 1 aliphatic heterocycles. The van der Waals surface area contributed by atoms with Gasteiger partial charge in [0.2, 0.25) is 5.78 Å². The summed E-state index contributed by atoms with van der Waals surface area (Å²) in [5, 5.41) is 12.5. The molecule has 0 fully saturated rings.